The Balaban J connectivity index is 1.32. The SMILES string of the molecule is CCN1CCC(NC(=O)c2sc3nccc4c3c2NC(=O)N4c2ccc(Oc3ccccc3)cc2C)C1. The lowest BCUT2D eigenvalue weighted by atomic mass is 10.1. The second-order valence-corrected chi connectivity index (χ2v) is 10.3. The lowest BCUT2D eigenvalue weighted by molar-refractivity contribution is 0.0943. The normalized spacial score (nSPS) is 17.2. The van der Waals surface area contributed by atoms with Crippen molar-refractivity contribution in [2.45, 2.75) is 26.3 Å². The van der Waals surface area contributed by atoms with Gasteiger partial charge in [0.05, 0.1) is 22.4 Å². The molecule has 1 unspecified atom stereocenters. The highest BCUT2D eigenvalue weighted by Gasteiger charge is 2.34. The number of rotatable bonds is 6. The van der Waals surface area contributed by atoms with Crippen LogP contribution in [0.25, 0.3) is 10.2 Å². The van der Waals surface area contributed by atoms with Gasteiger partial charge < -0.3 is 20.3 Å². The van der Waals surface area contributed by atoms with E-state index in [1.165, 1.54) is 11.3 Å². The number of likely N-dealkylation sites (tertiary alicyclic amines) is 1. The Morgan fingerprint density at radius 1 is 1.16 bits per heavy atom. The quantitative estimate of drug-likeness (QED) is 0.335. The lowest BCUT2D eigenvalue weighted by Crippen LogP contribution is -2.38. The highest BCUT2D eigenvalue weighted by Crippen LogP contribution is 2.46. The Hall–Kier alpha value is -3.95. The van der Waals surface area contributed by atoms with E-state index in [4.69, 9.17) is 4.74 Å². The smallest absolute Gasteiger partial charge is 0.331 e. The molecule has 0 saturated carbocycles. The molecule has 2 aromatic carbocycles. The van der Waals surface area contributed by atoms with Crippen LogP contribution in [-0.2, 0) is 0 Å². The molecule has 3 amide bonds. The van der Waals surface area contributed by atoms with Crippen molar-refractivity contribution in [1.29, 1.82) is 0 Å². The minimum atomic E-state index is -0.315. The van der Waals surface area contributed by atoms with Crippen molar-refractivity contribution < 1.29 is 14.3 Å². The largest absolute Gasteiger partial charge is 0.457 e. The van der Waals surface area contributed by atoms with Crippen LogP contribution in [0.4, 0.5) is 21.9 Å². The number of amides is 3. The van der Waals surface area contributed by atoms with E-state index in [0.717, 1.165) is 48.4 Å². The maximum atomic E-state index is 13.5. The average molecular weight is 514 g/mol. The summed E-state index contributed by atoms with van der Waals surface area (Å²) < 4.78 is 5.97. The van der Waals surface area contributed by atoms with Crippen LogP contribution in [-0.4, -0.2) is 47.5 Å². The van der Waals surface area contributed by atoms with Crippen LogP contribution in [0.3, 0.4) is 0 Å². The number of anilines is 3. The van der Waals surface area contributed by atoms with Crippen LogP contribution >= 0.6 is 11.3 Å². The van der Waals surface area contributed by atoms with Gasteiger partial charge in [-0.3, -0.25) is 9.69 Å². The molecule has 0 radical (unpaired) electrons. The molecule has 2 aromatic heterocycles. The third kappa shape index (κ3) is 4.30. The fraction of sp³-hybridized carbons (Fsp3) is 0.250. The summed E-state index contributed by atoms with van der Waals surface area (Å²) in [5.74, 6) is 1.27. The first-order chi connectivity index (χ1) is 18.0. The molecule has 6 rings (SSSR count). The van der Waals surface area contributed by atoms with Crippen molar-refractivity contribution in [1.82, 2.24) is 15.2 Å². The van der Waals surface area contributed by atoms with E-state index in [9.17, 15) is 9.59 Å². The molecule has 1 saturated heterocycles. The van der Waals surface area contributed by atoms with Gasteiger partial charge in [-0.1, -0.05) is 25.1 Å². The maximum Gasteiger partial charge on any atom is 0.331 e. The molecule has 37 heavy (non-hydrogen) atoms. The summed E-state index contributed by atoms with van der Waals surface area (Å²) in [6.45, 7) is 6.86. The zero-order valence-electron chi connectivity index (χ0n) is 20.7. The second kappa shape index (κ2) is 9.49. The van der Waals surface area contributed by atoms with E-state index >= 15 is 0 Å². The number of nitrogens with one attached hydrogen (secondary N) is 2. The van der Waals surface area contributed by atoms with E-state index in [0.29, 0.717) is 26.8 Å². The number of pyridine rings is 1. The van der Waals surface area contributed by atoms with E-state index in [1.807, 2.05) is 61.5 Å². The van der Waals surface area contributed by atoms with E-state index in [2.05, 4.69) is 27.4 Å². The molecule has 188 valence electrons. The van der Waals surface area contributed by atoms with Crippen LogP contribution < -0.4 is 20.3 Å². The number of aryl methyl sites for hydroxylation is 1. The molecule has 1 fully saturated rings. The summed E-state index contributed by atoms with van der Waals surface area (Å²) >= 11 is 1.31. The number of nitrogens with zero attached hydrogens (tertiary/aromatic N) is 3. The Labute approximate surface area is 218 Å². The minimum Gasteiger partial charge on any atom is -0.457 e. The van der Waals surface area contributed by atoms with Gasteiger partial charge in [0.1, 0.15) is 21.2 Å². The molecule has 0 spiro atoms. The van der Waals surface area contributed by atoms with E-state index < -0.39 is 0 Å². The standard InChI is InChI=1S/C28H27N5O3S/c1-3-32-14-12-18(16-32)30-26(34)25-24-23-22(11-13-29-27(23)37-25)33(28(35)31-24)21-10-9-20(15-17(21)2)36-19-7-5-4-6-8-19/h4-11,13,15,18H,3,12,14,16H2,1-2H3,(H,30,34)(H,31,35). The molecule has 4 heterocycles. The molecule has 2 N–H and O–H groups in total. The third-order valence-corrected chi connectivity index (χ3v) is 7.99. The number of likely N-dealkylation sites (N-methyl/N-ethyl adjacent to an activating group) is 1. The predicted octanol–water partition coefficient (Wildman–Crippen LogP) is 5.90. The van der Waals surface area contributed by atoms with Gasteiger partial charge in [-0.05, 0) is 61.9 Å². The van der Waals surface area contributed by atoms with Crippen molar-refractivity contribution >= 4 is 50.6 Å². The van der Waals surface area contributed by atoms with Gasteiger partial charge in [0.15, 0.2) is 0 Å². The molecule has 8 nitrogen and oxygen atoms in total. The highest BCUT2D eigenvalue weighted by molar-refractivity contribution is 7.21. The maximum absolute atomic E-state index is 13.5. The number of para-hydroxylation sites is 1. The van der Waals surface area contributed by atoms with Gasteiger partial charge in [-0.25, -0.2) is 9.78 Å². The number of hydrogen-bond donors (Lipinski definition) is 2. The zero-order valence-corrected chi connectivity index (χ0v) is 21.5. The fourth-order valence-electron chi connectivity index (χ4n) is 5.04. The fourth-order valence-corrected chi connectivity index (χ4v) is 6.06. The third-order valence-electron chi connectivity index (χ3n) is 6.90. The number of thiophene rings is 1. The van der Waals surface area contributed by atoms with Crippen LogP contribution in [0, 0.1) is 6.92 Å². The van der Waals surface area contributed by atoms with Crippen molar-refractivity contribution in [3.63, 3.8) is 0 Å². The molecular weight excluding hydrogens is 486 g/mol. The molecular formula is C28H27N5O3S. The Morgan fingerprint density at radius 3 is 2.76 bits per heavy atom. The number of aromatic nitrogens is 1. The molecule has 0 bridgehead atoms. The summed E-state index contributed by atoms with van der Waals surface area (Å²) in [5, 5.41) is 6.92. The molecule has 2 aliphatic heterocycles. The number of hydrogen-bond acceptors (Lipinski definition) is 6. The van der Waals surface area contributed by atoms with Crippen LogP contribution in [0.2, 0.25) is 0 Å². The summed E-state index contributed by atoms with van der Waals surface area (Å²) in [7, 11) is 0. The topological polar surface area (TPSA) is 86.8 Å². The van der Waals surface area contributed by atoms with Gasteiger partial charge in [-0.2, -0.15) is 0 Å². The first-order valence-corrected chi connectivity index (χ1v) is 13.2. The Bertz CT molecular complexity index is 1500. The number of carbonyl (C=O) groups is 2. The first-order valence-electron chi connectivity index (χ1n) is 12.4. The number of urea groups is 1. The monoisotopic (exact) mass is 513 g/mol. The minimum absolute atomic E-state index is 0.104. The molecule has 9 heteroatoms. The number of ether oxygens (including phenoxy) is 1. The van der Waals surface area contributed by atoms with Gasteiger partial charge in [0.25, 0.3) is 5.91 Å². The van der Waals surface area contributed by atoms with Crippen LogP contribution in [0.15, 0.2) is 60.8 Å². The van der Waals surface area contributed by atoms with E-state index in [1.54, 1.807) is 11.1 Å². The van der Waals surface area contributed by atoms with Gasteiger partial charge in [-0.15, -0.1) is 11.3 Å². The predicted molar refractivity (Wildman–Crippen MR) is 146 cm³/mol. The number of carbonyl (C=O) groups excluding carboxylic acids is 2. The van der Waals surface area contributed by atoms with E-state index in [-0.39, 0.29) is 18.0 Å². The summed E-state index contributed by atoms with van der Waals surface area (Å²) in [4.78, 5) is 36.4. The van der Waals surface area contributed by atoms with Crippen LogP contribution in [0.5, 0.6) is 11.5 Å². The van der Waals surface area contributed by atoms with Gasteiger partial charge in [0.2, 0.25) is 0 Å². The highest BCUT2D eigenvalue weighted by atomic mass is 32.1. The van der Waals surface area contributed by atoms with Crippen molar-refractivity contribution in [3.05, 3.63) is 71.2 Å². The summed E-state index contributed by atoms with van der Waals surface area (Å²) in [5.41, 5.74) is 2.86. The zero-order chi connectivity index (χ0) is 25.5. The van der Waals surface area contributed by atoms with Crippen molar-refractivity contribution in [2.75, 3.05) is 29.9 Å². The van der Waals surface area contributed by atoms with Gasteiger partial charge in [0, 0.05) is 25.3 Å². The first kappa shape index (κ1) is 23.4. The Kier molecular flexibility index (Phi) is 6.02. The molecule has 1 atom stereocenters. The molecule has 4 aromatic rings. The van der Waals surface area contributed by atoms with Crippen LogP contribution in [0.1, 0.15) is 28.6 Å². The Morgan fingerprint density at radius 2 is 2.00 bits per heavy atom. The average Bonchev–Trinajstić information content (AvgIpc) is 3.51. The van der Waals surface area contributed by atoms with Crippen molar-refractivity contribution in [2.24, 2.45) is 0 Å². The second-order valence-electron chi connectivity index (χ2n) is 9.30. The number of benzene rings is 2. The lowest BCUT2D eigenvalue weighted by Gasteiger charge is -2.29. The molecule has 0 aliphatic carbocycles. The molecule has 2 aliphatic rings. The summed E-state index contributed by atoms with van der Waals surface area (Å²) in [6, 6.07) is 16.8. The summed E-state index contributed by atoms with van der Waals surface area (Å²) in [6.07, 6.45) is 2.61. The van der Waals surface area contributed by atoms with Crippen molar-refractivity contribution in [3.8, 4) is 11.5 Å². The van der Waals surface area contributed by atoms with Gasteiger partial charge >= 0.3 is 6.03 Å².